The number of aryl methyl sites for hydroxylation is 4. The lowest BCUT2D eigenvalue weighted by Gasteiger charge is -2.19. The zero-order valence-corrected chi connectivity index (χ0v) is 20.0. The van der Waals surface area contributed by atoms with Crippen LogP contribution in [0.5, 0.6) is 0 Å². The second-order valence-corrected chi connectivity index (χ2v) is 9.23. The molecule has 4 rings (SSSR count). The van der Waals surface area contributed by atoms with Crippen LogP contribution in [0.25, 0.3) is 11.3 Å². The first-order chi connectivity index (χ1) is 15.5. The molecule has 0 saturated heterocycles. The minimum Gasteiger partial charge on any atom is -0.385 e. The third-order valence-corrected chi connectivity index (χ3v) is 6.41. The molecule has 1 atom stereocenters. The Labute approximate surface area is 194 Å². The van der Waals surface area contributed by atoms with Crippen LogP contribution < -0.4 is 10.6 Å². The standard InChI is InChI=1S/C27H30N4S/c1-18-7-9-23(10-8-18)29-13-11-24(22-6-5-12-28-16-22)30-27-31-25(17-32-27)26-20(3)14-19(2)15-21(26)4/h5-10,12,14-17,24,29H,11,13H2,1-4H3,(H,30,31). The highest BCUT2D eigenvalue weighted by Crippen LogP contribution is 2.33. The SMILES string of the molecule is Cc1ccc(NCCC(Nc2nc(-c3c(C)cc(C)cc3C)cs2)c2cccnc2)cc1. The largest absolute Gasteiger partial charge is 0.385 e. The summed E-state index contributed by atoms with van der Waals surface area (Å²) in [5, 5.41) is 10.3. The molecule has 0 aliphatic carbocycles. The van der Waals surface area contributed by atoms with Gasteiger partial charge in [0.25, 0.3) is 0 Å². The first-order valence-electron chi connectivity index (χ1n) is 11.0. The van der Waals surface area contributed by atoms with Crippen LogP contribution in [0.15, 0.2) is 66.3 Å². The van der Waals surface area contributed by atoms with Crippen molar-refractivity contribution in [1.82, 2.24) is 9.97 Å². The van der Waals surface area contributed by atoms with E-state index in [9.17, 15) is 0 Å². The monoisotopic (exact) mass is 442 g/mol. The van der Waals surface area contributed by atoms with Gasteiger partial charge < -0.3 is 10.6 Å². The van der Waals surface area contributed by atoms with Gasteiger partial charge in [0.1, 0.15) is 0 Å². The summed E-state index contributed by atoms with van der Waals surface area (Å²) in [6, 6.07) is 17.2. The molecule has 4 aromatic rings. The van der Waals surface area contributed by atoms with Crippen LogP contribution >= 0.6 is 11.3 Å². The molecule has 4 nitrogen and oxygen atoms in total. The summed E-state index contributed by atoms with van der Waals surface area (Å²) in [4.78, 5) is 9.27. The molecule has 0 radical (unpaired) electrons. The van der Waals surface area contributed by atoms with Gasteiger partial charge >= 0.3 is 0 Å². The molecule has 5 heteroatoms. The number of nitrogens with zero attached hydrogens (tertiary/aromatic N) is 2. The predicted octanol–water partition coefficient (Wildman–Crippen LogP) is 7.09. The Morgan fingerprint density at radius 3 is 2.38 bits per heavy atom. The number of pyridine rings is 1. The van der Waals surface area contributed by atoms with E-state index in [-0.39, 0.29) is 6.04 Å². The van der Waals surface area contributed by atoms with E-state index in [4.69, 9.17) is 4.98 Å². The number of hydrogen-bond donors (Lipinski definition) is 2. The Balaban J connectivity index is 1.50. The van der Waals surface area contributed by atoms with E-state index >= 15 is 0 Å². The zero-order chi connectivity index (χ0) is 22.5. The molecule has 2 N–H and O–H groups in total. The van der Waals surface area contributed by atoms with Crippen molar-refractivity contribution in [1.29, 1.82) is 0 Å². The summed E-state index contributed by atoms with van der Waals surface area (Å²) in [6.07, 6.45) is 4.67. The van der Waals surface area contributed by atoms with E-state index in [2.05, 4.69) is 91.2 Å². The van der Waals surface area contributed by atoms with Gasteiger partial charge in [-0.05, 0) is 69.0 Å². The molecule has 1 unspecified atom stereocenters. The third kappa shape index (κ3) is 5.35. The topological polar surface area (TPSA) is 49.8 Å². The van der Waals surface area contributed by atoms with Crippen molar-refractivity contribution in [3.05, 3.63) is 94.1 Å². The summed E-state index contributed by atoms with van der Waals surface area (Å²) in [6.45, 7) is 9.42. The lowest BCUT2D eigenvalue weighted by molar-refractivity contribution is 0.716. The molecular formula is C27H30N4S. The van der Waals surface area contributed by atoms with Crippen LogP contribution in [0.2, 0.25) is 0 Å². The highest BCUT2D eigenvalue weighted by molar-refractivity contribution is 7.14. The molecule has 0 fully saturated rings. The van der Waals surface area contributed by atoms with Gasteiger partial charge in [-0.25, -0.2) is 4.98 Å². The average molecular weight is 443 g/mol. The maximum Gasteiger partial charge on any atom is 0.183 e. The lowest BCUT2D eigenvalue weighted by Crippen LogP contribution is -2.15. The summed E-state index contributed by atoms with van der Waals surface area (Å²) in [5.41, 5.74) is 9.67. The quantitative estimate of drug-likeness (QED) is 0.306. The number of benzene rings is 2. The van der Waals surface area contributed by atoms with Crippen LogP contribution in [0.1, 0.15) is 40.3 Å². The number of aromatic nitrogens is 2. The fraction of sp³-hybridized carbons (Fsp3) is 0.259. The van der Waals surface area contributed by atoms with Crippen LogP contribution in [-0.2, 0) is 0 Å². The molecule has 0 bridgehead atoms. The summed E-state index contributed by atoms with van der Waals surface area (Å²) < 4.78 is 0. The second-order valence-electron chi connectivity index (χ2n) is 8.38. The molecule has 2 aromatic heterocycles. The van der Waals surface area contributed by atoms with Gasteiger partial charge in [0, 0.05) is 35.6 Å². The molecular weight excluding hydrogens is 412 g/mol. The molecule has 32 heavy (non-hydrogen) atoms. The lowest BCUT2D eigenvalue weighted by atomic mass is 9.98. The van der Waals surface area contributed by atoms with E-state index in [0.717, 1.165) is 35.0 Å². The van der Waals surface area contributed by atoms with Crippen molar-refractivity contribution in [2.24, 2.45) is 0 Å². The predicted molar refractivity (Wildman–Crippen MR) is 137 cm³/mol. The fourth-order valence-corrected chi connectivity index (χ4v) is 4.88. The number of rotatable bonds is 8. The van der Waals surface area contributed by atoms with Gasteiger partial charge in [-0.2, -0.15) is 0 Å². The van der Waals surface area contributed by atoms with Crippen LogP contribution in [0, 0.1) is 27.7 Å². The van der Waals surface area contributed by atoms with Gasteiger partial charge in [-0.15, -0.1) is 11.3 Å². The zero-order valence-electron chi connectivity index (χ0n) is 19.1. The Morgan fingerprint density at radius 1 is 0.938 bits per heavy atom. The van der Waals surface area contributed by atoms with Gasteiger partial charge in [-0.1, -0.05) is 41.5 Å². The smallest absolute Gasteiger partial charge is 0.183 e. The van der Waals surface area contributed by atoms with E-state index in [0.29, 0.717) is 0 Å². The van der Waals surface area contributed by atoms with E-state index in [1.807, 2.05) is 18.5 Å². The summed E-state index contributed by atoms with van der Waals surface area (Å²) in [7, 11) is 0. The molecule has 0 spiro atoms. The van der Waals surface area contributed by atoms with Crippen LogP contribution in [-0.4, -0.2) is 16.5 Å². The third-order valence-electron chi connectivity index (χ3n) is 5.64. The molecule has 164 valence electrons. The van der Waals surface area contributed by atoms with Gasteiger partial charge in [0.05, 0.1) is 11.7 Å². The second kappa shape index (κ2) is 9.96. The van der Waals surface area contributed by atoms with Crippen molar-refractivity contribution < 1.29 is 0 Å². The maximum absolute atomic E-state index is 4.94. The first-order valence-corrected chi connectivity index (χ1v) is 11.9. The van der Waals surface area contributed by atoms with E-state index in [1.165, 1.54) is 27.8 Å². The Bertz CT molecular complexity index is 1140. The Kier molecular flexibility index (Phi) is 6.86. The molecule has 0 aliphatic rings. The minimum absolute atomic E-state index is 0.126. The number of thiazole rings is 1. The van der Waals surface area contributed by atoms with Crippen LogP contribution in [0.4, 0.5) is 10.8 Å². The molecule has 0 amide bonds. The highest BCUT2D eigenvalue weighted by atomic mass is 32.1. The van der Waals surface area contributed by atoms with Crippen LogP contribution in [0.3, 0.4) is 0 Å². The Hall–Kier alpha value is -3.18. The van der Waals surface area contributed by atoms with Crippen molar-refractivity contribution in [2.45, 2.75) is 40.2 Å². The molecule has 0 saturated carbocycles. The van der Waals surface area contributed by atoms with Crippen molar-refractivity contribution in [3.63, 3.8) is 0 Å². The molecule has 2 aromatic carbocycles. The normalized spacial score (nSPS) is 11.9. The molecule has 0 aliphatic heterocycles. The van der Waals surface area contributed by atoms with Crippen molar-refractivity contribution >= 4 is 22.2 Å². The van der Waals surface area contributed by atoms with E-state index in [1.54, 1.807) is 11.3 Å². The number of nitrogens with one attached hydrogen (secondary N) is 2. The minimum atomic E-state index is 0.126. The van der Waals surface area contributed by atoms with Gasteiger partial charge in [-0.3, -0.25) is 4.98 Å². The Morgan fingerprint density at radius 2 is 1.69 bits per heavy atom. The van der Waals surface area contributed by atoms with Crippen molar-refractivity contribution in [3.8, 4) is 11.3 Å². The average Bonchev–Trinajstić information content (AvgIpc) is 3.22. The van der Waals surface area contributed by atoms with E-state index < -0.39 is 0 Å². The van der Waals surface area contributed by atoms with Gasteiger partial charge in [0.15, 0.2) is 5.13 Å². The molecule has 2 heterocycles. The first kappa shape index (κ1) is 22.0. The van der Waals surface area contributed by atoms with Crippen molar-refractivity contribution in [2.75, 3.05) is 17.2 Å². The fourth-order valence-electron chi connectivity index (χ4n) is 4.12. The summed E-state index contributed by atoms with van der Waals surface area (Å²) >= 11 is 1.66. The number of anilines is 2. The van der Waals surface area contributed by atoms with Gasteiger partial charge in [0.2, 0.25) is 0 Å². The maximum atomic E-state index is 4.94. The highest BCUT2D eigenvalue weighted by Gasteiger charge is 2.16. The number of hydrogen-bond acceptors (Lipinski definition) is 5. The summed E-state index contributed by atoms with van der Waals surface area (Å²) in [5.74, 6) is 0.